The highest BCUT2D eigenvalue weighted by Crippen LogP contribution is 2.27. The molecule has 5 heteroatoms. The topological polar surface area (TPSA) is 50.4 Å². The molecule has 0 saturated heterocycles. The van der Waals surface area contributed by atoms with E-state index >= 15 is 0 Å². The number of nitrogens with one attached hydrogen (secondary N) is 2. The zero-order valence-electron chi connectivity index (χ0n) is 9.73. The summed E-state index contributed by atoms with van der Waals surface area (Å²) in [5.41, 5.74) is 0.945. The fourth-order valence-electron chi connectivity index (χ4n) is 1.65. The summed E-state index contributed by atoms with van der Waals surface area (Å²) >= 11 is 1.71. The van der Waals surface area contributed by atoms with Crippen molar-refractivity contribution in [3.05, 3.63) is 24.3 Å². The van der Waals surface area contributed by atoms with Gasteiger partial charge in [0.25, 0.3) is 5.91 Å². The van der Waals surface area contributed by atoms with Gasteiger partial charge in [-0.15, -0.1) is 0 Å². The molecule has 1 aliphatic heterocycles. The van der Waals surface area contributed by atoms with E-state index in [-0.39, 0.29) is 5.91 Å². The highest BCUT2D eigenvalue weighted by atomic mass is 32.2. The lowest BCUT2D eigenvalue weighted by Crippen LogP contribution is -2.45. The maximum atomic E-state index is 11.8. The molecule has 0 aromatic heterocycles. The Morgan fingerprint density at radius 1 is 1.59 bits per heavy atom. The van der Waals surface area contributed by atoms with Crippen molar-refractivity contribution in [3.8, 4) is 5.75 Å². The second-order valence-electron chi connectivity index (χ2n) is 3.77. The van der Waals surface area contributed by atoms with E-state index < -0.39 is 6.10 Å². The van der Waals surface area contributed by atoms with Crippen LogP contribution in [0.1, 0.15) is 0 Å². The van der Waals surface area contributed by atoms with Crippen molar-refractivity contribution >= 4 is 23.4 Å². The standard InChI is InChI=1S/C12H16N2O2S/c1-17-7-6-13-12(15)11-8-14-9-4-2-3-5-10(9)16-11/h2-5,11,14H,6-8H2,1H3,(H,13,15). The molecule has 0 saturated carbocycles. The summed E-state index contributed by atoms with van der Waals surface area (Å²) in [6.45, 7) is 1.20. The van der Waals surface area contributed by atoms with Gasteiger partial charge in [-0.05, 0) is 18.4 Å². The minimum absolute atomic E-state index is 0.0546. The molecule has 0 radical (unpaired) electrons. The predicted octanol–water partition coefficient (Wildman–Crippen LogP) is 1.34. The number of carbonyl (C=O) groups excluding carboxylic acids is 1. The Morgan fingerprint density at radius 2 is 2.41 bits per heavy atom. The summed E-state index contributed by atoms with van der Waals surface area (Å²) in [6, 6.07) is 7.64. The van der Waals surface area contributed by atoms with Crippen LogP contribution in [0.25, 0.3) is 0 Å². The molecule has 0 spiro atoms. The predicted molar refractivity (Wildman–Crippen MR) is 70.7 cm³/mol. The second kappa shape index (κ2) is 5.82. The molecular formula is C12H16N2O2S. The van der Waals surface area contributed by atoms with Crippen LogP contribution >= 0.6 is 11.8 Å². The average molecular weight is 252 g/mol. The highest BCUT2D eigenvalue weighted by molar-refractivity contribution is 7.98. The third-order valence-corrected chi connectivity index (χ3v) is 3.14. The summed E-state index contributed by atoms with van der Waals surface area (Å²) in [7, 11) is 0. The van der Waals surface area contributed by atoms with Crippen LogP contribution in [-0.4, -0.2) is 37.1 Å². The first kappa shape index (κ1) is 12.1. The van der Waals surface area contributed by atoms with Crippen LogP contribution in [0.15, 0.2) is 24.3 Å². The number of thioether (sulfide) groups is 1. The van der Waals surface area contributed by atoms with Gasteiger partial charge in [0.2, 0.25) is 0 Å². The van der Waals surface area contributed by atoms with Crippen molar-refractivity contribution < 1.29 is 9.53 Å². The largest absolute Gasteiger partial charge is 0.477 e. The van der Waals surface area contributed by atoms with Crippen LogP contribution in [-0.2, 0) is 4.79 Å². The Morgan fingerprint density at radius 3 is 3.24 bits per heavy atom. The summed E-state index contributed by atoms with van der Waals surface area (Å²) in [4.78, 5) is 11.8. The number of anilines is 1. The minimum atomic E-state index is -0.438. The molecule has 0 aliphatic carbocycles. The van der Waals surface area contributed by atoms with Crippen LogP contribution in [0.2, 0.25) is 0 Å². The van der Waals surface area contributed by atoms with Gasteiger partial charge in [0.05, 0.1) is 12.2 Å². The van der Waals surface area contributed by atoms with Crippen molar-refractivity contribution in [2.24, 2.45) is 0 Å². The number of amides is 1. The minimum Gasteiger partial charge on any atom is -0.477 e. The Balaban J connectivity index is 1.91. The number of benzene rings is 1. The van der Waals surface area contributed by atoms with Gasteiger partial charge >= 0.3 is 0 Å². The molecule has 1 heterocycles. The third-order valence-electron chi connectivity index (χ3n) is 2.53. The van der Waals surface area contributed by atoms with Gasteiger partial charge in [-0.2, -0.15) is 11.8 Å². The number of ether oxygens (including phenoxy) is 1. The van der Waals surface area contributed by atoms with Crippen molar-refractivity contribution in [2.45, 2.75) is 6.10 Å². The van der Waals surface area contributed by atoms with Crippen molar-refractivity contribution in [1.29, 1.82) is 0 Å². The fraction of sp³-hybridized carbons (Fsp3) is 0.417. The Hall–Kier alpha value is -1.36. The molecule has 1 amide bonds. The molecule has 1 unspecified atom stereocenters. The number of rotatable bonds is 4. The first-order valence-corrected chi connectivity index (χ1v) is 6.97. The Labute approximate surface area is 105 Å². The molecule has 1 aromatic carbocycles. The molecule has 1 atom stereocenters. The number of hydrogen-bond donors (Lipinski definition) is 2. The Bertz CT molecular complexity index is 398. The monoisotopic (exact) mass is 252 g/mol. The molecule has 17 heavy (non-hydrogen) atoms. The average Bonchev–Trinajstić information content (AvgIpc) is 2.38. The first-order chi connectivity index (χ1) is 8.31. The van der Waals surface area contributed by atoms with E-state index in [0.29, 0.717) is 13.1 Å². The van der Waals surface area contributed by atoms with Crippen molar-refractivity contribution in [1.82, 2.24) is 5.32 Å². The van der Waals surface area contributed by atoms with Crippen LogP contribution in [0.5, 0.6) is 5.75 Å². The van der Waals surface area contributed by atoms with Gasteiger partial charge in [0, 0.05) is 12.3 Å². The fourth-order valence-corrected chi connectivity index (χ4v) is 1.96. The molecule has 2 N–H and O–H groups in total. The maximum absolute atomic E-state index is 11.8. The van der Waals surface area contributed by atoms with Gasteiger partial charge in [-0.25, -0.2) is 0 Å². The number of hydrogen-bond acceptors (Lipinski definition) is 4. The van der Waals surface area contributed by atoms with Gasteiger partial charge in [0.15, 0.2) is 6.10 Å². The van der Waals surface area contributed by atoms with E-state index in [4.69, 9.17) is 4.74 Å². The number of para-hydroxylation sites is 2. The van der Waals surface area contributed by atoms with Crippen LogP contribution in [0.3, 0.4) is 0 Å². The molecule has 0 fully saturated rings. The summed E-state index contributed by atoms with van der Waals surface area (Å²) in [5, 5.41) is 6.05. The molecule has 4 nitrogen and oxygen atoms in total. The van der Waals surface area contributed by atoms with Crippen molar-refractivity contribution in [2.75, 3.05) is 30.4 Å². The lowest BCUT2D eigenvalue weighted by atomic mass is 10.2. The molecule has 0 bridgehead atoms. The van der Waals surface area contributed by atoms with Crippen LogP contribution < -0.4 is 15.4 Å². The van der Waals surface area contributed by atoms with Crippen LogP contribution in [0.4, 0.5) is 5.69 Å². The normalized spacial score (nSPS) is 17.6. The number of carbonyl (C=O) groups is 1. The lowest BCUT2D eigenvalue weighted by Gasteiger charge is -2.26. The molecule has 92 valence electrons. The summed E-state index contributed by atoms with van der Waals surface area (Å²) in [6.07, 6.45) is 1.58. The van der Waals surface area contributed by atoms with E-state index in [1.807, 2.05) is 30.5 Å². The van der Waals surface area contributed by atoms with E-state index in [1.54, 1.807) is 11.8 Å². The van der Waals surface area contributed by atoms with E-state index in [2.05, 4.69) is 10.6 Å². The highest BCUT2D eigenvalue weighted by Gasteiger charge is 2.24. The van der Waals surface area contributed by atoms with E-state index in [0.717, 1.165) is 17.2 Å². The first-order valence-electron chi connectivity index (χ1n) is 5.57. The van der Waals surface area contributed by atoms with Gasteiger partial charge < -0.3 is 15.4 Å². The zero-order valence-corrected chi connectivity index (χ0v) is 10.5. The quantitative estimate of drug-likeness (QED) is 0.794. The van der Waals surface area contributed by atoms with Crippen LogP contribution in [0, 0.1) is 0 Å². The second-order valence-corrected chi connectivity index (χ2v) is 4.75. The molecular weight excluding hydrogens is 236 g/mol. The Kier molecular flexibility index (Phi) is 4.14. The molecule has 1 aliphatic rings. The van der Waals surface area contributed by atoms with E-state index in [9.17, 15) is 4.79 Å². The zero-order chi connectivity index (χ0) is 12.1. The molecule has 2 rings (SSSR count). The van der Waals surface area contributed by atoms with Crippen molar-refractivity contribution in [3.63, 3.8) is 0 Å². The van der Waals surface area contributed by atoms with Gasteiger partial charge in [-0.1, -0.05) is 12.1 Å². The third kappa shape index (κ3) is 3.06. The van der Waals surface area contributed by atoms with Gasteiger partial charge in [0.1, 0.15) is 5.75 Å². The lowest BCUT2D eigenvalue weighted by molar-refractivity contribution is -0.127. The summed E-state index contributed by atoms with van der Waals surface area (Å²) in [5.74, 6) is 1.60. The smallest absolute Gasteiger partial charge is 0.262 e. The summed E-state index contributed by atoms with van der Waals surface area (Å²) < 4.78 is 5.64. The van der Waals surface area contributed by atoms with Gasteiger partial charge in [-0.3, -0.25) is 4.79 Å². The molecule has 1 aromatic rings. The SMILES string of the molecule is CSCCNC(=O)C1CNc2ccccc2O1. The maximum Gasteiger partial charge on any atom is 0.262 e. The number of fused-ring (bicyclic) bond motifs is 1. The van der Waals surface area contributed by atoms with E-state index in [1.165, 1.54) is 0 Å².